The summed E-state index contributed by atoms with van der Waals surface area (Å²) in [6.07, 6.45) is 2.06. The van der Waals surface area contributed by atoms with Crippen molar-refractivity contribution >= 4 is 28.3 Å². The van der Waals surface area contributed by atoms with Crippen molar-refractivity contribution in [2.75, 3.05) is 6.54 Å². The number of nitrogens with zero attached hydrogens (tertiary/aromatic N) is 2. The smallest absolute Gasteiger partial charge is 0.244 e. The average Bonchev–Trinajstić information content (AvgIpc) is 3.27. The normalized spacial score (nSPS) is 18.2. The lowest BCUT2D eigenvalue weighted by atomic mass is 9.95. The molecular weight excluding hydrogens is 366 g/mol. The summed E-state index contributed by atoms with van der Waals surface area (Å²) < 4.78 is 29.2. The molecule has 0 bridgehead atoms. The number of aromatic nitrogens is 2. The molecule has 2 rings (SSSR count). The zero-order chi connectivity index (χ0) is 18.3. The molecular formula is C15H28ClN5O3S. The Morgan fingerprint density at radius 1 is 1.44 bits per heavy atom. The topological polar surface area (TPSA) is 119 Å². The second-order valence-corrected chi connectivity index (χ2v) is 8.50. The molecule has 1 heterocycles. The molecule has 144 valence electrons. The SMILES string of the molecule is Cc1nn(C)c(C)c1S(=O)(=O)NC(C)C(=O)NC(C)(CN)C1CC1.Cl. The van der Waals surface area contributed by atoms with Crippen LogP contribution in [0.15, 0.2) is 4.90 Å². The van der Waals surface area contributed by atoms with Gasteiger partial charge in [-0.3, -0.25) is 9.48 Å². The van der Waals surface area contributed by atoms with Gasteiger partial charge in [-0.2, -0.15) is 9.82 Å². The van der Waals surface area contributed by atoms with Crippen LogP contribution in [0.5, 0.6) is 0 Å². The summed E-state index contributed by atoms with van der Waals surface area (Å²) in [7, 11) is -2.16. The van der Waals surface area contributed by atoms with Crippen molar-refractivity contribution in [2.45, 2.75) is 57.0 Å². The van der Waals surface area contributed by atoms with Crippen molar-refractivity contribution < 1.29 is 13.2 Å². The maximum absolute atomic E-state index is 12.6. The molecule has 1 saturated carbocycles. The van der Waals surface area contributed by atoms with Crippen LogP contribution in [0.4, 0.5) is 0 Å². The van der Waals surface area contributed by atoms with E-state index < -0.39 is 21.6 Å². The minimum absolute atomic E-state index is 0. The van der Waals surface area contributed by atoms with Gasteiger partial charge >= 0.3 is 0 Å². The van der Waals surface area contributed by atoms with Gasteiger partial charge in [0, 0.05) is 13.6 Å². The van der Waals surface area contributed by atoms with Gasteiger partial charge in [0.15, 0.2) is 0 Å². The van der Waals surface area contributed by atoms with Crippen LogP contribution in [0.25, 0.3) is 0 Å². The fourth-order valence-electron chi connectivity index (χ4n) is 2.92. The third kappa shape index (κ3) is 4.52. The van der Waals surface area contributed by atoms with Crippen LogP contribution in [0.1, 0.15) is 38.1 Å². The Balaban J connectivity index is 0.00000312. The summed E-state index contributed by atoms with van der Waals surface area (Å²) in [5, 5.41) is 7.02. The number of nitrogens with two attached hydrogens (primary N) is 1. The Morgan fingerprint density at radius 3 is 2.40 bits per heavy atom. The molecule has 2 atom stereocenters. The number of hydrogen-bond acceptors (Lipinski definition) is 5. The number of halogens is 1. The van der Waals surface area contributed by atoms with E-state index in [-0.39, 0.29) is 23.2 Å². The van der Waals surface area contributed by atoms with Crippen LogP contribution in [0.3, 0.4) is 0 Å². The van der Waals surface area contributed by atoms with Crippen LogP contribution in [0.2, 0.25) is 0 Å². The Labute approximate surface area is 155 Å². The third-order valence-corrected chi connectivity index (χ3v) is 6.54. The predicted octanol–water partition coefficient (Wildman–Crippen LogP) is 0.369. The lowest BCUT2D eigenvalue weighted by molar-refractivity contribution is -0.124. The highest BCUT2D eigenvalue weighted by Gasteiger charge is 2.42. The molecule has 0 aliphatic heterocycles. The predicted molar refractivity (Wildman–Crippen MR) is 98.0 cm³/mol. The minimum atomic E-state index is -3.84. The highest BCUT2D eigenvalue weighted by atomic mass is 35.5. The molecule has 8 nitrogen and oxygen atoms in total. The maximum Gasteiger partial charge on any atom is 0.244 e. The van der Waals surface area contributed by atoms with E-state index in [1.807, 2.05) is 6.92 Å². The summed E-state index contributed by atoms with van der Waals surface area (Å²) in [6, 6.07) is -0.904. The summed E-state index contributed by atoms with van der Waals surface area (Å²) in [5.41, 5.74) is 6.23. The summed E-state index contributed by atoms with van der Waals surface area (Å²) in [4.78, 5) is 12.5. The van der Waals surface area contributed by atoms with E-state index in [0.29, 0.717) is 23.9 Å². The molecule has 1 aromatic rings. The molecule has 0 spiro atoms. The molecule has 1 amide bonds. The first-order valence-electron chi connectivity index (χ1n) is 8.06. The van der Waals surface area contributed by atoms with E-state index in [1.54, 1.807) is 20.9 Å². The second kappa shape index (κ2) is 7.61. The van der Waals surface area contributed by atoms with E-state index >= 15 is 0 Å². The number of carbonyl (C=O) groups is 1. The van der Waals surface area contributed by atoms with Crippen LogP contribution >= 0.6 is 12.4 Å². The number of hydrogen-bond donors (Lipinski definition) is 3. The highest BCUT2D eigenvalue weighted by Crippen LogP contribution is 2.39. The van der Waals surface area contributed by atoms with Crippen LogP contribution in [-0.2, 0) is 21.9 Å². The summed E-state index contributed by atoms with van der Waals surface area (Å²) in [5.74, 6) is -0.0179. The van der Waals surface area contributed by atoms with Gasteiger partial charge < -0.3 is 11.1 Å². The van der Waals surface area contributed by atoms with Gasteiger partial charge in [0.05, 0.1) is 23.0 Å². The maximum atomic E-state index is 12.6. The van der Waals surface area contributed by atoms with Crippen LogP contribution < -0.4 is 15.8 Å². The highest BCUT2D eigenvalue weighted by molar-refractivity contribution is 7.89. The van der Waals surface area contributed by atoms with E-state index in [2.05, 4.69) is 15.1 Å². The van der Waals surface area contributed by atoms with Gasteiger partial charge in [-0.1, -0.05) is 0 Å². The minimum Gasteiger partial charge on any atom is -0.348 e. The van der Waals surface area contributed by atoms with Crippen molar-refractivity contribution in [1.82, 2.24) is 19.8 Å². The number of rotatable bonds is 7. The Morgan fingerprint density at radius 2 is 2.00 bits per heavy atom. The zero-order valence-electron chi connectivity index (χ0n) is 15.3. The molecule has 1 aliphatic carbocycles. The van der Waals surface area contributed by atoms with Gasteiger partial charge in [0.2, 0.25) is 15.9 Å². The van der Waals surface area contributed by atoms with E-state index in [0.717, 1.165) is 12.8 Å². The molecule has 1 aromatic heterocycles. The third-order valence-electron chi connectivity index (χ3n) is 4.75. The molecule has 25 heavy (non-hydrogen) atoms. The molecule has 0 radical (unpaired) electrons. The van der Waals surface area contributed by atoms with Crippen LogP contribution in [0, 0.1) is 19.8 Å². The van der Waals surface area contributed by atoms with Gasteiger partial charge in [-0.05, 0) is 46.5 Å². The number of sulfonamides is 1. The first kappa shape index (κ1) is 21.9. The van der Waals surface area contributed by atoms with E-state index in [4.69, 9.17) is 5.73 Å². The molecule has 1 aliphatic rings. The first-order chi connectivity index (χ1) is 11.0. The first-order valence-corrected chi connectivity index (χ1v) is 9.54. The van der Waals surface area contributed by atoms with Crippen LogP contribution in [-0.4, -0.2) is 42.2 Å². The molecule has 10 heteroatoms. The van der Waals surface area contributed by atoms with Crippen molar-refractivity contribution in [1.29, 1.82) is 0 Å². The van der Waals surface area contributed by atoms with Crippen molar-refractivity contribution in [3.8, 4) is 0 Å². The average molecular weight is 394 g/mol. The monoisotopic (exact) mass is 393 g/mol. The van der Waals surface area contributed by atoms with Gasteiger partial charge in [0.1, 0.15) is 4.90 Å². The number of carbonyl (C=O) groups excluding carboxylic acids is 1. The van der Waals surface area contributed by atoms with Gasteiger partial charge in [-0.25, -0.2) is 8.42 Å². The lowest BCUT2D eigenvalue weighted by Gasteiger charge is -2.31. The van der Waals surface area contributed by atoms with E-state index in [1.165, 1.54) is 11.6 Å². The zero-order valence-corrected chi connectivity index (χ0v) is 16.9. The summed E-state index contributed by atoms with van der Waals surface area (Å²) >= 11 is 0. The molecule has 1 fully saturated rings. The molecule has 0 saturated heterocycles. The van der Waals surface area contributed by atoms with Gasteiger partial charge in [-0.15, -0.1) is 12.4 Å². The Bertz CT molecular complexity index is 745. The van der Waals surface area contributed by atoms with Crippen molar-refractivity contribution in [3.05, 3.63) is 11.4 Å². The number of aryl methyl sites for hydroxylation is 2. The Hall–Kier alpha value is -1.16. The Kier molecular flexibility index (Phi) is 6.66. The lowest BCUT2D eigenvalue weighted by Crippen LogP contribution is -2.57. The molecule has 2 unspecified atom stereocenters. The summed E-state index contributed by atoms with van der Waals surface area (Å²) in [6.45, 7) is 7.06. The van der Waals surface area contributed by atoms with Crippen molar-refractivity contribution in [3.63, 3.8) is 0 Å². The quantitative estimate of drug-likeness (QED) is 0.618. The number of nitrogens with one attached hydrogen (secondary N) is 2. The fraction of sp³-hybridized carbons (Fsp3) is 0.733. The molecule has 0 aromatic carbocycles. The van der Waals surface area contributed by atoms with E-state index in [9.17, 15) is 13.2 Å². The largest absolute Gasteiger partial charge is 0.348 e. The van der Waals surface area contributed by atoms with Gasteiger partial charge in [0.25, 0.3) is 0 Å². The standard InChI is InChI=1S/C15H27N5O3S.ClH/c1-9-13(11(3)20(5)18-9)24(22,23)19-10(2)14(21)17-15(4,8-16)12-6-7-12;/h10,12,19H,6-8,16H2,1-5H3,(H,17,21);1H. The molecule has 4 N–H and O–H groups in total. The number of amides is 1. The second-order valence-electron chi connectivity index (χ2n) is 6.85. The fourth-order valence-corrected chi connectivity index (χ4v) is 4.56. The van der Waals surface area contributed by atoms with Crippen molar-refractivity contribution in [2.24, 2.45) is 18.7 Å².